The number of aryl methyl sites for hydroxylation is 1. The van der Waals surface area contributed by atoms with E-state index in [0.717, 1.165) is 22.5 Å². The molecule has 0 radical (unpaired) electrons. The van der Waals surface area contributed by atoms with Crippen molar-refractivity contribution >= 4 is 70.5 Å². The minimum Gasteiger partial charge on any atom is -0.499 e. The molecule has 23 nitrogen and oxygen atoms in total. The van der Waals surface area contributed by atoms with Crippen molar-refractivity contribution in [1.29, 1.82) is 0 Å². The summed E-state index contributed by atoms with van der Waals surface area (Å²) < 4.78 is 39.6. The summed E-state index contributed by atoms with van der Waals surface area (Å²) in [5.41, 5.74) is 10.00. The number of nitrogens with one attached hydrogen (secondary N) is 2. The number of hydrogen-bond donors (Lipinski definition) is 7. The number of amides is 4. The average molecular weight is 1030 g/mol. The summed E-state index contributed by atoms with van der Waals surface area (Å²) in [5.74, 6) is -0.737. The molecule has 5 heterocycles. The number of aliphatic hydroxyl groups is 3. The number of carboxylic acid groups (broad SMARTS) is 1. The molecule has 1 fully saturated rings. The molecule has 5 aliphatic heterocycles. The normalized spacial score (nSPS) is 22.3. The van der Waals surface area contributed by atoms with Crippen LogP contribution < -0.4 is 40.1 Å². The topological polar surface area (TPSA) is 312 Å². The molecule has 23 heteroatoms. The number of methoxy groups -OCH3 is 2. The zero-order valence-corrected chi connectivity index (χ0v) is 40.7. The van der Waals surface area contributed by atoms with E-state index in [-0.39, 0.29) is 60.7 Å². The molecule has 9 rings (SSSR count). The summed E-state index contributed by atoms with van der Waals surface area (Å²) in [4.78, 5) is 77.1. The number of fused-ring (bicyclic) bond motifs is 4. The molecular formula is C52H53N7O16. The van der Waals surface area contributed by atoms with E-state index in [1.54, 1.807) is 90.3 Å². The van der Waals surface area contributed by atoms with E-state index in [9.17, 15) is 44.4 Å². The van der Waals surface area contributed by atoms with Gasteiger partial charge in [-0.15, -0.1) is 0 Å². The first-order valence-corrected chi connectivity index (χ1v) is 23.8. The number of benzene rings is 4. The highest BCUT2D eigenvalue weighted by atomic mass is 16.7. The Morgan fingerprint density at radius 1 is 0.760 bits per heavy atom. The largest absolute Gasteiger partial charge is 0.499 e. The Morgan fingerprint density at radius 2 is 1.43 bits per heavy atom. The number of carboxylic acids is 1. The Bertz CT molecular complexity index is 3030. The third-order valence-electron chi connectivity index (χ3n) is 12.8. The maximum atomic E-state index is 14.0. The summed E-state index contributed by atoms with van der Waals surface area (Å²) in [5, 5.41) is 45.3. The van der Waals surface area contributed by atoms with E-state index in [4.69, 9.17) is 43.9 Å². The van der Waals surface area contributed by atoms with Crippen LogP contribution in [0.1, 0.15) is 57.5 Å². The monoisotopic (exact) mass is 1030 g/mol. The third-order valence-corrected chi connectivity index (χ3v) is 12.8. The Balaban J connectivity index is 0.792. The SMILES string of the molecule is COC1=CN2C(=O)c3cc(C)c(OCCCOc4cc5c(cc4OC)C(=O)N4C=C(c6ccc(NC(=O)Oc7ccc(O[C@@H]8OC(C(=O)O)[C@@H](O)[C@H](O)C8O)c(NC(=O)CCN)c7)cc6)C[C@H]4C=N5)cc3N=C[C@@H]2C1. The fourth-order valence-corrected chi connectivity index (χ4v) is 8.90. The van der Waals surface area contributed by atoms with Crippen LogP contribution in [0.25, 0.3) is 5.57 Å². The van der Waals surface area contributed by atoms with Gasteiger partial charge in [0.05, 0.1) is 67.7 Å². The molecule has 4 aromatic rings. The van der Waals surface area contributed by atoms with Gasteiger partial charge in [0.25, 0.3) is 11.8 Å². The maximum Gasteiger partial charge on any atom is 0.417 e. The molecule has 392 valence electrons. The number of anilines is 2. The minimum absolute atomic E-state index is 0.00357. The molecule has 0 bridgehead atoms. The van der Waals surface area contributed by atoms with Gasteiger partial charge in [-0.3, -0.25) is 29.7 Å². The standard InChI is InChI=1S/C52H53N7O16/c1-26-15-34-36(55-23-31-17-33(69-2)25-59(31)48(34)64)20-40(26)71-13-4-14-72-42-21-37-35(19-41(42)70-3)49(65)58-24-28(16-30(58)22-54-37)27-5-7-29(8-6-27)56-52(68)73-32-9-10-39(38(18-32)57-43(60)11-12-53)74-51-46(63)44(61)45(62)47(75-51)50(66)67/h5-10,15,18-25,30-31,44-47,51,61-63H,4,11-14,16-17,53H2,1-3H3,(H,56,68)(H,57,60)(H,66,67)/t30-,31-,44-,45-,46?,47?,51+/m0/s1. The van der Waals surface area contributed by atoms with Gasteiger partial charge in [-0.05, 0) is 60.0 Å². The highest BCUT2D eigenvalue weighted by Gasteiger charge is 2.48. The number of nitrogens with zero attached hydrogens (tertiary/aromatic N) is 4. The molecule has 0 aromatic heterocycles. The fraction of sp³-hybridized carbons (Fsp3) is 0.327. The van der Waals surface area contributed by atoms with Gasteiger partial charge in [0.2, 0.25) is 12.2 Å². The third kappa shape index (κ3) is 11.0. The molecule has 2 unspecified atom stereocenters. The van der Waals surface area contributed by atoms with Gasteiger partial charge >= 0.3 is 12.1 Å². The Labute approximate surface area is 428 Å². The first-order valence-electron chi connectivity index (χ1n) is 23.8. The molecule has 8 N–H and O–H groups in total. The number of rotatable bonds is 17. The predicted octanol–water partition coefficient (Wildman–Crippen LogP) is 4.41. The minimum atomic E-state index is -1.95. The molecule has 75 heavy (non-hydrogen) atoms. The van der Waals surface area contributed by atoms with Gasteiger partial charge < -0.3 is 74.4 Å². The van der Waals surface area contributed by atoms with Gasteiger partial charge in [0.15, 0.2) is 17.6 Å². The second kappa shape index (κ2) is 22.0. The van der Waals surface area contributed by atoms with Crippen LogP contribution in [0.3, 0.4) is 0 Å². The number of carbonyl (C=O) groups is 5. The van der Waals surface area contributed by atoms with E-state index >= 15 is 0 Å². The van der Waals surface area contributed by atoms with Gasteiger partial charge in [-0.1, -0.05) is 12.1 Å². The maximum absolute atomic E-state index is 14.0. The molecule has 7 atom stereocenters. The lowest BCUT2D eigenvalue weighted by molar-refractivity contribution is -0.271. The zero-order valence-electron chi connectivity index (χ0n) is 40.7. The molecule has 0 saturated carbocycles. The zero-order chi connectivity index (χ0) is 53.1. The summed E-state index contributed by atoms with van der Waals surface area (Å²) in [6.45, 7) is 2.45. The van der Waals surface area contributed by atoms with Crippen LogP contribution in [0.4, 0.5) is 27.5 Å². The van der Waals surface area contributed by atoms with E-state index in [1.807, 2.05) is 6.92 Å². The first kappa shape index (κ1) is 51.5. The van der Waals surface area contributed by atoms with Crippen molar-refractivity contribution in [1.82, 2.24) is 9.80 Å². The van der Waals surface area contributed by atoms with Gasteiger partial charge in [-0.2, -0.15) is 0 Å². The Kier molecular flexibility index (Phi) is 15.1. The van der Waals surface area contributed by atoms with Crippen molar-refractivity contribution in [2.75, 3.05) is 44.6 Å². The van der Waals surface area contributed by atoms with Crippen molar-refractivity contribution in [3.05, 3.63) is 107 Å². The van der Waals surface area contributed by atoms with Crippen LogP contribution in [0, 0.1) is 6.92 Å². The van der Waals surface area contributed by atoms with E-state index in [2.05, 4.69) is 15.6 Å². The number of nitrogens with two attached hydrogens (primary N) is 1. The molecule has 0 aliphatic carbocycles. The van der Waals surface area contributed by atoms with Crippen LogP contribution in [0.5, 0.6) is 28.7 Å². The van der Waals surface area contributed by atoms with E-state index in [0.29, 0.717) is 71.3 Å². The van der Waals surface area contributed by atoms with Gasteiger partial charge in [-0.25, -0.2) is 9.59 Å². The number of hydrogen-bond acceptors (Lipinski definition) is 18. The molecule has 5 aliphatic rings. The highest BCUT2D eigenvalue weighted by molar-refractivity contribution is 6.06. The van der Waals surface area contributed by atoms with Crippen molar-refractivity contribution in [2.45, 2.75) is 75.4 Å². The molecule has 4 aromatic carbocycles. The molecule has 1 saturated heterocycles. The van der Waals surface area contributed by atoms with E-state index in [1.165, 1.54) is 25.3 Å². The van der Waals surface area contributed by atoms with Crippen molar-refractivity contribution in [3.8, 4) is 28.7 Å². The van der Waals surface area contributed by atoms with Crippen LogP contribution in [-0.4, -0.2) is 149 Å². The Morgan fingerprint density at radius 3 is 2.11 bits per heavy atom. The Hall–Kier alpha value is -8.35. The summed E-state index contributed by atoms with van der Waals surface area (Å²) in [6.07, 6.45) is -2.03. The predicted molar refractivity (Wildman–Crippen MR) is 268 cm³/mol. The van der Waals surface area contributed by atoms with Crippen LogP contribution >= 0.6 is 0 Å². The lowest BCUT2D eigenvalue weighted by Gasteiger charge is -2.38. The number of ether oxygens (including phenoxy) is 7. The smallest absolute Gasteiger partial charge is 0.417 e. The van der Waals surface area contributed by atoms with Gasteiger partial charge in [0.1, 0.15) is 41.3 Å². The van der Waals surface area contributed by atoms with Crippen LogP contribution in [0.15, 0.2) is 94.9 Å². The van der Waals surface area contributed by atoms with E-state index < -0.39 is 48.7 Å². The second-order valence-corrected chi connectivity index (χ2v) is 17.9. The molecular weight excluding hydrogens is 979 g/mol. The first-order chi connectivity index (χ1) is 36.1. The van der Waals surface area contributed by atoms with Crippen molar-refractivity contribution in [2.24, 2.45) is 15.7 Å². The second-order valence-electron chi connectivity index (χ2n) is 17.9. The van der Waals surface area contributed by atoms with Gasteiger partial charge in [0, 0.05) is 80.9 Å². The quantitative estimate of drug-likeness (QED) is 0.0720. The molecule has 4 amide bonds. The summed E-state index contributed by atoms with van der Waals surface area (Å²) in [7, 11) is 3.07. The fourth-order valence-electron chi connectivity index (χ4n) is 8.90. The average Bonchev–Trinajstić information content (AvgIpc) is 3.97. The van der Waals surface area contributed by atoms with Crippen molar-refractivity contribution in [3.63, 3.8) is 0 Å². The van der Waals surface area contributed by atoms with Crippen LogP contribution in [0.2, 0.25) is 0 Å². The highest BCUT2D eigenvalue weighted by Crippen LogP contribution is 2.41. The number of carbonyl (C=O) groups excluding carboxylic acids is 4. The lowest BCUT2D eigenvalue weighted by atomic mass is 9.99. The number of aliphatic carboxylic acids is 1. The number of aliphatic imine (C=N–C) groups is 2. The summed E-state index contributed by atoms with van der Waals surface area (Å²) >= 11 is 0. The number of aliphatic hydroxyl groups excluding tert-OH is 3. The summed E-state index contributed by atoms with van der Waals surface area (Å²) in [6, 6.07) is 16.9. The molecule has 0 spiro atoms. The van der Waals surface area contributed by atoms with Crippen molar-refractivity contribution < 1.29 is 77.6 Å². The lowest BCUT2D eigenvalue weighted by Crippen LogP contribution is -2.61. The van der Waals surface area contributed by atoms with Crippen LogP contribution in [-0.2, 0) is 19.1 Å².